The monoisotopic (exact) mass is 502 g/mol. The Morgan fingerprint density at radius 3 is 2.51 bits per heavy atom. The van der Waals surface area contributed by atoms with Crippen LogP contribution in [0.1, 0.15) is 44.2 Å². The van der Waals surface area contributed by atoms with Crippen molar-refractivity contribution in [3.63, 3.8) is 0 Å². The summed E-state index contributed by atoms with van der Waals surface area (Å²) in [4.78, 5) is 13.9. The molecule has 0 bridgehead atoms. The van der Waals surface area contributed by atoms with Crippen molar-refractivity contribution >= 4 is 11.6 Å². The normalized spacial score (nSPS) is 23.3. The first-order valence-electron chi connectivity index (χ1n) is 13.7. The van der Waals surface area contributed by atoms with Crippen LogP contribution in [-0.4, -0.2) is 87.1 Å². The predicted molar refractivity (Wildman–Crippen MR) is 138 cm³/mol. The summed E-state index contributed by atoms with van der Waals surface area (Å²) >= 11 is 0. The lowest BCUT2D eigenvalue weighted by atomic mass is 9.93. The fourth-order valence-corrected chi connectivity index (χ4v) is 5.61. The van der Waals surface area contributed by atoms with Crippen molar-refractivity contribution in [1.82, 2.24) is 40.5 Å². The predicted octanol–water partition coefficient (Wildman–Crippen LogP) is 1.87. The summed E-state index contributed by atoms with van der Waals surface area (Å²) in [5, 5.41) is 22.0. The molecule has 37 heavy (non-hydrogen) atoms. The number of nitrogens with one attached hydrogen (secondary N) is 1. The largest absolute Gasteiger partial charge is 0.375 e. The molecule has 1 aliphatic carbocycles. The number of anilines is 2. The molecule has 194 valence electrons. The minimum absolute atomic E-state index is 0.486. The second-order valence-corrected chi connectivity index (χ2v) is 10.9. The summed E-state index contributed by atoms with van der Waals surface area (Å²) in [6.07, 6.45) is 13.1. The van der Waals surface area contributed by atoms with Crippen molar-refractivity contribution in [1.29, 1.82) is 0 Å². The van der Waals surface area contributed by atoms with Gasteiger partial charge in [0.05, 0.1) is 37.5 Å². The van der Waals surface area contributed by atoms with Gasteiger partial charge in [0.1, 0.15) is 17.2 Å². The average molecular weight is 503 g/mol. The van der Waals surface area contributed by atoms with Crippen LogP contribution in [0.25, 0.3) is 11.4 Å². The summed E-state index contributed by atoms with van der Waals surface area (Å²) in [5.41, 5.74) is 1.76. The number of piperidine rings is 1. The third-order valence-electron chi connectivity index (χ3n) is 8.19. The van der Waals surface area contributed by atoms with Gasteiger partial charge in [0.2, 0.25) is 0 Å². The van der Waals surface area contributed by atoms with Crippen LogP contribution in [0.2, 0.25) is 0 Å². The Bertz CT molecular complexity index is 1220. The molecule has 1 saturated carbocycles. The minimum atomic E-state index is -0.507. The van der Waals surface area contributed by atoms with Crippen LogP contribution in [0.3, 0.4) is 0 Å². The third kappa shape index (κ3) is 4.54. The summed E-state index contributed by atoms with van der Waals surface area (Å²) in [7, 11) is 0. The van der Waals surface area contributed by atoms with Gasteiger partial charge in [0.15, 0.2) is 11.4 Å². The Morgan fingerprint density at radius 1 is 0.892 bits per heavy atom. The number of nitrogens with zero attached hydrogens (tertiary/aromatic N) is 9. The maximum absolute atomic E-state index is 5.65. The first kappa shape index (κ1) is 23.0. The molecule has 0 radical (unpaired) electrons. The number of hydrogen-bond donors (Lipinski definition) is 1. The van der Waals surface area contributed by atoms with Crippen molar-refractivity contribution in [2.45, 2.75) is 50.1 Å². The molecule has 0 spiro atoms. The number of rotatable bonds is 8. The highest BCUT2D eigenvalue weighted by Crippen LogP contribution is 2.34. The van der Waals surface area contributed by atoms with Crippen molar-refractivity contribution < 1.29 is 4.74 Å². The highest BCUT2D eigenvalue weighted by molar-refractivity contribution is 5.54. The fraction of sp³-hybridized carbons (Fsp3) is 0.615. The van der Waals surface area contributed by atoms with Gasteiger partial charge in [-0.1, -0.05) is 5.21 Å². The molecule has 7 rings (SSSR count). The van der Waals surface area contributed by atoms with E-state index in [0.29, 0.717) is 24.9 Å². The molecule has 6 heterocycles. The molecule has 4 fully saturated rings. The zero-order chi connectivity index (χ0) is 24.7. The van der Waals surface area contributed by atoms with Gasteiger partial charge in [-0.05, 0) is 63.1 Å². The number of aromatic nitrogens is 7. The van der Waals surface area contributed by atoms with Gasteiger partial charge in [-0.25, -0.2) is 9.67 Å². The third-order valence-corrected chi connectivity index (χ3v) is 8.19. The van der Waals surface area contributed by atoms with Gasteiger partial charge in [-0.2, -0.15) is 5.10 Å². The van der Waals surface area contributed by atoms with E-state index in [2.05, 4.69) is 52.7 Å². The van der Waals surface area contributed by atoms with Gasteiger partial charge in [-0.15, -0.1) is 10.2 Å². The summed E-state index contributed by atoms with van der Waals surface area (Å²) < 4.78 is 7.51. The van der Waals surface area contributed by atoms with Crippen molar-refractivity contribution in [2.75, 3.05) is 55.7 Å². The van der Waals surface area contributed by atoms with Crippen LogP contribution in [0.15, 0.2) is 30.7 Å². The van der Waals surface area contributed by atoms with E-state index in [-0.39, 0.29) is 0 Å². The lowest BCUT2D eigenvalue weighted by molar-refractivity contribution is -0.0855. The summed E-state index contributed by atoms with van der Waals surface area (Å²) in [6.45, 7) is 6.18. The molecule has 3 aromatic heterocycles. The molecular weight excluding hydrogens is 468 g/mol. The molecule has 1 N–H and O–H groups in total. The van der Waals surface area contributed by atoms with Crippen LogP contribution in [0.4, 0.5) is 11.6 Å². The molecular formula is C26H34N10O. The van der Waals surface area contributed by atoms with E-state index in [1.807, 2.05) is 17.1 Å². The molecule has 11 heteroatoms. The van der Waals surface area contributed by atoms with Crippen LogP contribution < -0.4 is 15.1 Å². The first-order chi connectivity index (χ1) is 18.3. The fourth-order valence-electron chi connectivity index (χ4n) is 5.61. The van der Waals surface area contributed by atoms with Crippen molar-refractivity contribution in [3.05, 3.63) is 36.4 Å². The van der Waals surface area contributed by atoms with Crippen molar-refractivity contribution in [2.24, 2.45) is 5.92 Å². The SMILES string of the molecule is c1ncc(N2CCCC2)nc1-c1cn(C2(c3ccc(N4CCCC(NCC5CC5)C4)nn3)COC2)nn1. The standard InChI is InChI=1S/C26H34N10O/c1-2-10-34(9-1)25-14-27-13-21(29-25)22-16-36(33-30-22)26(17-37-18-26)23-7-8-24(32-31-23)35-11-3-4-20(15-35)28-12-19-5-6-19/h7-8,13-14,16,19-20,28H,1-6,9-12,15,17-18H2. The van der Waals surface area contributed by atoms with Gasteiger partial charge < -0.3 is 19.9 Å². The Balaban J connectivity index is 1.08. The Kier molecular flexibility index (Phi) is 5.96. The van der Waals surface area contributed by atoms with Gasteiger partial charge in [0, 0.05) is 32.2 Å². The molecule has 3 aliphatic heterocycles. The summed E-state index contributed by atoms with van der Waals surface area (Å²) in [5.74, 6) is 2.73. The molecule has 0 amide bonds. The van der Waals surface area contributed by atoms with Crippen LogP contribution in [0, 0.1) is 5.92 Å². The zero-order valence-corrected chi connectivity index (χ0v) is 21.2. The Hall–Kier alpha value is -3.18. The maximum atomic E-state index is 5.65. The van der Waals surface area contributed by atoms with Gasteiger partial charge in [0.25, 0.3) is 0 Å². The second kappa shape index (κ2) is 9.60. The van der Waals surface area contributed by atoms with E-state index in [0.717, 1.165) is 61.7 Å². The molecule has 1 atom stereocenters. The minimum Gasteiger partial charge on any atom is -0.375 e. The van der Waals surface area contributed by atoms with E-state index < -0.39 is 5.54 Å². The quantitative estimate of drug-likeness (QED) is 0.490. The van der Waals surface area contributed by atoms with Crippen LogP contribution in [0.5, 0.6) is 0 Å². The van der Waals surface area contributed by atoms with E-state index >= 15 is 0 Å². The highest BCUT2D eigenvalue weighted by Gasteiger charge is 2.45. The van der Waals surface area contributed by atoms with E-state index in [9.17, 15) is 0 Å². The summed E-state index contributed by atoms with van der Waals surface area (Å²) in [6, 6.07) is 4.69. The lowest BCUT2D eigenvalue weighted by Crippen LogP contribution is -2.53. The molecule has 3 aromatic rings. The highest BCUT2D eigenvalue weighted by atomic mass is 16.5. The van der Waals surface area contributed by atoms with Gasteiger partial charge in [-0.3, -0.25) is 4.98 Å². The second-order valence-electron chi connectivity index (χ2n) is 10.9. The molecule has 1 unspecified atom stereocenters. The maximum Gasteiger partial charge on any atom is 0.154 e. The van der Waals surface area contributed by atoms with E-state index in [4.69, 9.17) is 9.72 Å². The molecule has 0 aromatic carbocycles. The van der Waals surface area contributed by atoms with Crippen LogP contribution in [-0.2, 0) is 10.3 Å². The van der Waals surface area contributed by atoms with E-state index in [1.54, 1.807) is 6.20 Å². The van der Waals surface area contributed by atoms with Crippen molar-refractivity contribution in [3.8, 4) is 11.4 Å². The number of ether oxygens (including phenoxy) is 1. The molecule has 3 saturated heterocycles. The average Bonchev–Trinajstić information content (AvgIpc) is 3.36. The molecule has 4 aliphatic rings. The zero-order valence-electron chi connectivity index (χ0n) is 21.2. The lowest BCUT2D eigenvalue weighted by Gasteiger charge is -2.40. The smallest absolute Gasteiger partial charge is 0.154 e. The van der Waals surface area contributed by atoms with Gasteiger partial charge >= 0.3 is 0 Å². The molecule has 11 nitrogen and oxygen atoms in total. The van der Waals surface area contributed by atoms with Crippen LogP contribution >= 0.6 is 0 Å². The Labute approximate surface area is 216 Å². The van der Waals surface area contributed by atoms with E-state index in [1.165, 1.54) is 38.5 Å². The Morgan fingerprint density at radius 2 is 1.76 bits per heavy atom. The first-order valence-corrected chi connectivity index (χ1v) is 13.7. The topological polar surface area (TPSA) is 110 Å². The number of hydrogen-bond acceptors (Lipinski definition) is 10.